The molecule has 0 saturated carbocycles. The van der Waals surface area contributed by atoms with E-state index in [1.54, 1.807) is 0 Å². The van der Waals surface area contributed by atoms with Gasteiger partial charge in [0.15, 0.2) is 0 Å². The smallest absolute Gasteiger partial charge is 0.0235 e. The van der Waals surface area contributed by atoms with Crippen LogP contribution in [0.25, 0.3) is 11.1 Å². The molecule has 2 aromatic carbocycles. The van der Waals surface area contributed by atoms with Gasteiger partial charge in [-0.15, -0.1) is 0 Å². The molecule has 0 N–H and O–H groups in total. The van der Waals surface area contributed by atoms with Crippen LogP contribution in [0.3, 0.4) is 0 Å². The van der Waals surface area contributed by atoms with Crippen molar-refractivity contribution >= 4 is 0 Å². The van der Waals surface area contributed by atoms with Crippen molar-refractivity contribution in [1.82, 2.24) is 9.80 Å². The van der Waals surface area contributed by atoms with E-state index in [1.807, 2.05) is 0 Å². The molecule has 23 heavy (non-hydrogen) atoms. The molecule has 0 atom stereocenters. The Balaban J connectivity index is 1.76. The van der Waals surface area contributed by atoms with Crippen molar-refractivity contribution in [2.75, 3.05) is 33.2 Å². The summed E-state index contributed by atoms with van der Waals surface area (Å²) in [5, 5.41) is 0. The Hall–Kier alpha value is -1.64. The minimum atomic E-state index is 0.573. The maximum atomic E-state index is 2.56. The van der Waals surface area contributed by atoms with E-state index in [9.17, 15) is 0 Å². The highest BCUT2D eigenvalue weighted by atomic mass is 15.2. The molecule has 2 nitrogen and oxygen atoms in total. The molecule has 1 saturated heterocycles. The van der Waals surface area contributed by atoms with E-state index in [1.165, 1.54) is 48.4 Å². The van der Waals surface area contributed by atoms with E-state index in [4.69, 9.17) is 0 Å². The Kier molecular flexibility index (Phi) is 5.14. The van der Waals surface area contributed by atoms with Gasteiger partial charge in [0.2, 0.25) is 0 Å². The van der Waals surface area contributed by atoms with Crippen LogP contribution in [0.5, 0.6) is 0 Å². The Bertz CT molecular complexity index is 640. The second-order valence-corrected chi connectivity index (χ2v) is 7.06. The number of piperazine rings is 1. The molecule has 1 heterocycles. The molecular weight excluding hydrogens is 280 g/mol. The van der Waals surface area contributed by atoms with Crippen LogP contribution in [0, 0.1) is 0 Å². The van der Waals surface area contributed by atoms with E-state index >= 15 is 0 Å². The highest BCUT2D eigenvalue weighted by molar-refractivity contribution is 5.65. The second kappa shape index (κ2) is 7.29. The van der Waals surface area contributed by atoms with Gasteiger partial charge in [0.25, 0.3) is 0 Å². The van der Waals surface area contributed by atoms with Crippen molar-refractivity contribution in [3.05, 3.63) is 59.7 Å². The lowest BCUT2D eigenvalue weighted by molar-refractivity contribution is 0.148. The largest absolute Gasteiger partial charge is 0.304 e. The molecule has 0 bridgehead atoms. The van der Waals surface area contributed by atoms with Crippen LogP contribution >= 0.6 is 0 Å². The fourth-order valence-corrected chi connectivity index (χ4v) is 3.19. The Morgan fingerprint density at radius 2 is 1.52 bits per heavy atom. The third-order valence-electron chi connectivity index (χ3n) is 4.82. The van der Waals surface area contributed by atoms with Crippen molar-refractivity contribution in [3.63, 3.8) is 0 Å². The Labute approximate surface area is 140 Å². The lowest BCUT2D eigenvalue weighted by Crippen LogP contribution is -2.43. The number of likely N-dealkylation sites (N-methyl/N-ethyl adjacent to an activating group) is 1. The Morgan fingerprint density at radius 3 is 2.22 bits per heavy atom. The van der Waals surface area contributed by atoms with Gasteiger partial charge < -0.3 is 4.90 Å². The maximum Gasteiger partial charge on any atom is 0.0235 e. The van der Waals surface area contributed by atoms with E-state index in [2.05, 4.69) is 79.2 Å². The first-order chi connectivity index (χ1) is 11.1. The van der Waals surface area contributed by atoms with Gasteiger partial charge in [-0.25, -0.2) is 0 Å². The number of rotatable bonds is 4. The van der Waals surface area contributed by atoms with Crippen molar-refractivity contribution in [3.8, 4) is 11.1 Å². The third-order valence-corrected chi connectivity index (χ3v) is 4.82. The van der Waals surface area contributed by atoms with Crippen LogP contribution < -0.4 is 0 Å². The van der Waals surface area contributed by atoms with E-state index in [0.29, 0.717) is 5.92 Å². The first kappa shape index (κ1) is 16.2. The minimum absolute atomic E-state index is 0.573. The number of hydrogen-bond acceptors (Lipinski definition) is 2. The van der Waals surface area contributed by atoms with Gasteiger partial charge >= 0.3 is 0 Å². The van der Waals surface area contributed by atoms with Gasteiger partial charge in [-0.2, -0.15) is 0 Å². The Morgan fingerprint density at radius 1 is 0.870 bits per heavy atom. The minimum Gasteiger partial charge on any atom is -0.304 e. The van der Waals surface area contributed by atoms with Crippen molar-refractivity contribution in [1.29, 1.82) is 0 Å². The predicted octanol–water partition coefficient (Wildman–Crippen LogP) is 4.22. The average molecular weight is 308 g/mol. The summed E-state index contributed by atoms with van der Waals surface area (Å²) in [6, 6.07) is 18.0. The van der Waals surface area contributed by atoms with Crippen LogP contribution in [0.4, 0.5) is 0 Å². The zero-order valence-corrected chi connectivity index (χ0v) is 14.6. The normalized spacial score (nSPS) is 16.9. The van der Waals surface area contributed by atoms with Crippen LogP contribution in [0.15, 0.2) is 48.5 Å². The van der Waals surface area contributed by atoms with Crippen molar-refractivity contribution in [2.24, 2.45) is 0 Å². The molecule has 1 fully saturated rings. The molecule has 122 valence electrons. The summed E-state index contributed by atoms with van der Waals surface area (Å²) < 4.78 is 0. The second-order valence-electron chi connectivity index (χ2n) is 7.06. The molecule has 0 aliphatic carbocycles. The van der Waals surface area contributed by atoms with Crippen LogP contribution in [-0.4, -0.2) is 43.0 Å². The summed E-state index contributed by atoms with van der Waals surface area (Å²) in [5.74, 6) is 0.573. The third kappa shape index (κ3) is 4.21. The van der Waals surface area contributed by atoms with Crippen molar-refractivity contribution < 1.29 is 0 Å². The molecule has 0 amide bonds. The fraction of sp³-hybridized carbons (Fsp3) is 0.429. The molecule has 0 unspecified atom stereocenters. The summed E-state index contributed by atoms with van der Waals surface area (Å²) >= 11 is 0. The van der Waals surface area contributed by atoms with E-state index in [-0.39, 0.29) is 0 Å². The van der Waals surface area contributed by atoms with E-state index in [0.717, 1.165) is 6.54 Å². The molecule has 3 rings (SSSR count). The molecule has 0 spiro atoms. The summed E-state index contributed by atoms with van der Waals surface area (Å²) in [6.07, 6.45) is 0. The molecule has 1 aliphatic heterocycles. The standard InChI is InChI=1S/C21H28N2/c1-17(2)19-7-5-9-21(15-19)20-8-4-6-18(14-20)16-23-12-10-22(3)11-13-23/h4-9,14-15,17H,10-13,16H2,1-3H3. The SMILES string of the molecule is CC(C)c1cccc(-c2cccc(CN3CCN(C)CC3)c2)c1. The summed E-state index contributed by atoms with van der Waals surface area (Å²) in [5.41, 5.74) is 5.49. The van der Waals surface area contributed by atoms with E-state index < -0.39 is 0 Å². The van der Waals surface area contributed by atoms with Gasteiger partial charge in [-0.1, -0.05) is 56.3 Å². The topological polar surface area (TPSA) is 6.48 Å². The fourth-order valence-electron chi connectivity index (χ4n) is 3.19. The van der Waals surface area contributed by atoms with Gasteiger partial charge in [-0.3, -0.25) is 4.90 Å². The van der Waals surface area contributed by atoms with Crippen molar-refractivity contribution in [2.45, 2.75) is 26.3 Å². The van der Waals surface area contributed by atoms with Gasteiger partial charge in [0.1, 0.15) is 0 Å². The predicted molar refractivity (Wildman–Crippen MR) is 98.7 cm³/mol. The van der Waals surface area contributed by atoms with Gasteiger partial charge in [0.05, 0.1) is 0 Å². The summed E-state index contributed by atoms with van der Waals surface area (Å²) in [6.45, 7) is 10.3. The monoisotopic (exact) mass is 308 g/mol. The van der Waals surface area contributed by atoms with Crippen LogP contribution in [-0.2, 0) is 6.54 Å². The summed E-state index contributed by atoms with van der Waals surface area (Å²) in [7, 11) is 2.21. The highest BCUT2D eigenvalue weighted by Gasteiger charge is 2.14. The zero-order chi connectivity index (χ0) is 16.2. The zero-order valence-electron chi connectivity index (χ0n) is 14.6. The number of benzene rings is 2. The lowest BCUT2D eigenvalue weighted by Gasteiger charge is -2.32. The van der Waals surface area contributed by atoms with Gasteiger partial charge in [0, 0.05) is 32.7 Å². The molecular formula is C21H28N2. The van der Waals surface area contributed by atoms with Crippen LogP contribution in [0.2, 0.25) is 0 Å². The molecule has 2 heteroatoms. The lowest BCUT2D eigenvalue weighted by atomic mass is 9.96. The number of hydrogen-bond donors (Lipinski definition) is 0. The molecule has 0 radical (unpaired) electrons. The summed E-state index contributed by atoms with van der Waals surface area (Å²) in [4.78, 5) is 4.97. The van der Waals surface area contributed by atoms with Crippen LogP contribution in [0.1, 0.15) is 30.9 Å². The molecule has 0 aromatic heterocycles. The first-order valence-electron chi connectivity index (χ1n) is 8.72. The average Bonchev–Trinajstić information content (AvgIpc) is 2.57. The number of nitrogens with zero attached hydrogens (tertiary/aromatic N) is 2. The first-order valence-corrected chi connectivity index (χ1v) is 8.72. The molecule has 2 aromatic rings. The quantitative estimate of drug-likeness (QED) is 0.834. The highest BCUT2D eigenvalue weighted by Crippen LogP contribution is 2.25. The maximum absolute atomic E-state index is 2.56. The molecule has 1 aliphatic rings. The van der Waals surface area contributed by atoms with Gasteiger partial charge in [-0.05, 0) is 41.3 Å².